The van der Waals surface area contributed by atoms with Gasteiger partial charge in [0, 0.05) is 24.7 Å². The fraction of sp³-hybridized carbons (Fsp3) is 0.471. The smallest absolute Gasteiger partial charge is 0.284 e. The van der Waals surface area contributed by atoms with Crippen molar-refractivity contribution < 1.29 is 9.72 Å². The SMILES string of the molecule is CC(C)CCC(C)NC(=O)c1ccc(Sc2nncn2C)c([N+](=O)[O-])c1. The molecule has 2 aromatic rings. The molecule has 140 valence electrons. The highest BCUT2D eigenvalue weighted by atomic mass is 32.2. The van der Waals surface area contributed by atoms with E-state index in [4.69, 9.17) is 0 Å². The van der Waals surface area contributed by atoms with Gasteiger partial charge < -0.3 is 9.88 Å². The summed E-state index contributed by atoms with van der Waals surface area (Å²) in [6, 6.07) is 4.49. The van der Waals surface area contributed by atoms with E-state index in [0.29, 0.717) is 16.0 Å². The van der Waals surface area contributed by atoms with E-state index in [-0.39, 0.29) is 23.2 Å². The molecule has 0 radical (unpaired) electrons. The number of carbonyl (C=O) groups excluding carboxylic acids is 1. The Bertz CT molecular complexity index is 790. The van der Waals surface area contributed by atoms with Crippen LogP contribution in [0.4, 0.5) is 5.69 Å². The summed E-state index contributed by atoms with van der Waals surface area (Å²) in [6.45, 7) is 6.20. The van der Waals surface area contributed by atoms with E-state index >= 15 is 0 Å². The third kappa shape index (κ3) is 5.29. The first-order valence-corrected chi connectivity index (χ1v) is 9.20. The summed E-state index contributed by atoms with van der Waals surface area (Å²) < 4.78 is 1.67. The molecule has 1 aromatic heterocycles. The number of aryl methyl sites for hydroxylation is 1. The Morgan fingerprint density at radius 1 is 1.35 bits per heavy atom. The van der Waals surface area contributed by atoms with Crippen LogP contribution in [0, 0.1) is 16.0 Å². The average molecular weight is 377 g/mol. The van der Waals surface area contributed by atoms with E-state index in [1.807, 2.05) is 6.92 Å². The highest BCUT2D eigenvalue weighted by molar-refractivity contribution is 7.99. The van der Waals surface area contributed by atoms with Gasteiger partial charge in [0.1, 0.15) is 6.33 Å². The molecule has 0 aliphatic heterocycles. The van der Waals surface area contributed by atoms with Gasteiger partial charge in [0.25, 0.3) is 11.6 Å². The van der Waals surface area contributed by atoms with E-state index in [9.17, 15) is 14.9 Å². The lowest BCUT2D eigenvalue weighted by molar-refractivity contribution is -0.387. The summed E-state index contributed by atoms with van der Waals surface area (Å²) in [5, 5.41) is 22.5. The number of hydrogen-bond donors (Lipinski definition) is 1. The number of rotatable bonds is 8. The van der Waals surface area contributed by atoms with Crippen molar-refractivity contribution in [3.8, 4) is 0 Å². The van der Waals surface area contributed by atoms with Crippen molar-refractivity contribution in [1.82, 2.24) is 20.1 Å². The summed E-state index contributed by atoms with van der Waals surface area (Å²) in [6.07, 6.45) is 3.40. The summed E-state index contributed by atoms with van der Waals surface area (Å²) in [7, 11) is 1.76. The normalized spacial score (nSPS) is 12.2. The molecule has 2 rings (SSSR count). The maximum atomic E-state index is 12.4. The highest BCUT2D eigenvalue weighted by Crippen LogP contribution is 2.34. The topological polar surface area (TPSA) is 103 Å². The predicted octanol–water partition coefficient (Wildman–Crippen LogP) is 3.43. The van der Waals surface area contributed by atoms with Crippen LogP contribution in [-0.4, -0.2) is 31.6 Å². The zero-order valence-electron chi connectivity index (χ0n) is 15.3. The number of hydrogen-bond acceptors (Lipinski definition) is 6. The third-order valence-corrected chi connectivity index (χ3v) is 4.96. The van der Waals surface area contributed by atoms with Crippen molar-refractivity contribution in [1.29, 1.82) is 0 Å². The summed E-state index contributed by atoms with van der Waals surface area (Å²) >= 11 is 1.14. The van der Waals surface area contributed by atoms with Gasteiger partial charge in [-0.25, -0.2) is 0 Å². The zero-order chi connectivity index (χ0) is 19.3. The number of nitro benzene ring substituents is 1. The first-order chi connectivity index (χ1) is 12.3. The van der Waals surface area contributed by atoms with Gasteiger partial charge in [-0.05, 0) is 49.6 Å². The molecule has 9 heteroatoms. The van der Waals surface area contributed by atoms with E-state index in [0.717, 1.165) is 24.6 Å². The Balaban J connectivity index is 2.15. The van der Waals surface area contributed by atoms with Crippen LogP contribution in [0.25, 0.3) is 0 Å². The molecule has 8 nitrogen and oxygen atoms in total. The first kappa shape index (κ1) is 19.9. The molecular weight excluding hydrogens is 354 g/mol. The van der Waals surface area contributed by atoms with Crippen LogP contribution in [0.3, 0.4) is 0 Å². The Labute approximate surface area is 156 Å². The molecule has 0 bridgehead atoms. The highest BCUT2D eigenvalue weighted by Gasteiger charge is 2.20. The Kier molecular flexibility index (Phi) is 6.73. The van der Waals surface area contributed by atoms with Crippen LogP contribution in [-0.2, 0) is 7.05 Å². The molecule has 1 N–H and O–H groups in total. The van der Waals surface area contributed by atoms with Crippen molar-refractivity contribution in [2.75, 3.05) is 0 Å². The second-order valence-electron chi connectivity index (χ2n) is 6.61. The molecule has 1 aromatic carbocycles. The largest absolute Gasteiger partial charge is 0.350 e. The van der Waals surface area contributed by atoms with Gasteiger partial charge in [0.15, 0.2) is 5.16 Å². The fourth-order valence-corrected chi connectivity index (χ4v) is 3.16. The maximum absolute atomic E-state index is 12.4. The monoisotopic (exact) mass is 377 g/mol. The van der Waals surface area contributed by atoms with Crippen LogP contribution in [0.1, 0.15) is 44.0 Å². The van der Waals surface area contributed by atoms with Crippen molar-refractivity contribution in [3.05, 3.63) is 40.2 Å². The Morgan fingerprint density at radius 3 is 2.65 bits per heavy atom. The molecule has 0 spiro atoms. The molecule has 0 saturated carbocycles. The number of carbonyl (C=O) groups is 1. The lowest BCUT2D eigenvalue weighted by atomic mass is 10.0. The molecule has 1 amide bonds. The number of benzene rings is 1. The van der Waals surface area contributed by atoms with Crippen molar-refractivity contribution in [2.45, 2.75) is 49.7 Å². The maximum Gasteiger partial charge on any atom is 0.284 e. The summed E-state index contributed by atoms with van der Waals surface area (Å²) in [5.74, 6) is 0.256. The quantitative estimate of drug-likeness (QED) is 0.558. The van der Waals surface area contributed by atoms with Gasteiger partial charge in [0.2, 0.25) is 0 Å². The van der Waals surface area contributed by atoms with Gasteiger partial charge in [-0.1, -0.05) is 13.8 Å². The molecule has 1 unspecified atom stereocenters. The van der Waals surface area contributed by atoms with E-state index in [1.54, 1.807) is 23.7 Å². The molecule has 1 atom stereocenters. The Morgan fingerprint density at radius 2 is 2.08 bits per heavy atom. The molecule has 0 aliphatic carbocycles. The molecule has 1 heterocycles. The lowest BCUT2D eigenvalue weighted by Crippen LogP contribution is -2.32. The molecular formula is C17H23N5O3S. The summed E-state index contributed by atoms with van der Waals surface area (Å²) in [5.41, 5.74) is 0.149. The third-order valence-electron chi connectivity index (χ3n) is 3.84. The van der Waals surface area contributed by atoms with E-state index in [1.165, 1.54) is 12.4 Å². The number of nitrogens with one attached hydrogen (secondary N) is 1. The van der Waals surface area contributed by atoms with Gasteiger partial charge in [-0.15, -0.1) is 10.2 Å². The minimum Gasteiger partial charge on any atom is -0.350 e. The fourth-order valence-electron chi connectivity index (χ4n) is 2.31. The van der Waals surface area contributed by atoms with Crippen molar-refractivity contribution in [2.24, 2.45) is 13.0 Å². The second-order valence-corrected chi connectivity index (χ2v) is 7.62. The van der Waals surface area contributed by atoms with Crippen LogP contribution < -0.4 is 5.32 Å². The molecule has 0 aliphatic rings. The first-order valence-electron chi connectivity index (χ1n) is 8.39. The van der Waals surface area contributed by atoms with Crippen molar-refractivity contribution >= 4 is 23.4 Å². The predicted molar refractivity (Wildman–Crippen MR) is 99.2 cm³/mol. The minimum atomic E-state index is -0.488. The van der Waals surface area contributed by atoms with Gasteiger partial charge >= 0.3 is 0 Å². The molecule has 26 heavy (non-hydrogen) atoms. The second kappa shape index (κ2) is 8.79. The van der Waals surface area contributed by atoms with Crippen LogP contribution in [0.15, 0.2) is 34.6 Å². The number of nitrogens with zero attached hydrogens (tertiary/aromatic N) is 4. The van der Waals surface area contributed by atoms with E-state index < -0.39 is 4.92 Å². The van der Waals surface area contributed by atoms with Crippen LogP contribution in [0.5, 0.6) is 0 Å². The van der Waals surface area contributed by atoms with Gasteiger partial charge in [-0.2, -0.15) is 0 Å². The average Bonchev–Trinajstić information content (AvgIpc) is 2.98. The molecule has 0 fully saturated rings. The van der Waals surface area contributed by atoms with Gasteiger partial charge in [-0.3, -0.25) is 14.9 Å². The minimum absolute atomic E-state index is 0.0108. The van der Waals surface area contributed by atoms with Crippen LogP contribution >= 0.6 is 11.8 Å². The number of aromatic nitrogens is 3. The van der Waals surface area contributed by atoms with Crippen LogP contribution in [0.2, 0.25) is 0 Å². The van der Waals surface area contributed by atoms with Crippen molar-refractivity contribution in [3.63, 3.8) is 0 Å². The molecule has 0 saturated heterocycles. The zero-order valence-corrected chi connectivity index (χ0v) is 16.1. The van der Waals surface area contributed by atoms with E-state index in [2.05, 4.69) is 29.4 Å². The number of nitro groups is 1. The summed E-state index contributed by atoms with van der Waals surface area (Å²) in [4.78, 5) is 23.7. The van der Waals surface area contributed by atoms with Gasteiger partial charge in [0.05, 0.1) is 9.82 Å². The Hall–Kier alpha value is -2.42. The standard InChI is InChI=1S/C17H23N5O3S/c1-11(2)5-6-12(3)19-16(23)13-7-8-15(14(9-13)22(24)25)26-17-20-18-10-21(17)4/h7-12H,5-6H2,1-4H3,(H,19,23). The number of amides is 1. The lowest BCUT2D eigenvalue weighted by Gasteiger charge is -2.15.